The van der Waals surface area contributed by atoms with Crippen LogP contribution in [0.4, 0.5) is 0 Å². The SMILES string of the molecule is C[C@H]1Cc2[nH]nc(C3CCCO3)c2CN1. The number of fused-ring (bicyclic) bond motifs is 1. The van der Waals surface area contributed by atoms with E-state index in [4.69, 9.17) is 4.74 Å². The van der Waals surface area contributed by atoms with Gasteiger partial charge in [-0.1, -0.05) is 0 Å². The Bertz CT molecular complexity index is 355. The molecule has 2 aliphatic rings. The van der Waals surface area contributed by atoms with Gasteiger partial charge in [0, 0.05) is 36.9 Å². The highest BCUT2D eigenvalue weighted by atomic mass is 16.5. The lowest BCUT2D eigenvalue weighted by Crippen LogP contribution is -2.33. The number of rotatable bonds is 1. The van der Waals surface area contributed by atoms with Crippen LogP contribution >= 0.6 is 0 Å². The van der Waals surface area contributed by atoms with Crippen LogP contribution in [0.15, 0.2) is 0 Å². The van der Waals surface area contributed by atoms with Crippen molar-refractivity contribution in [3.05, 3.63) is 17.0 Å². The Balaban J connectivity index is 1.90. The lowest BCUT2D eigenvalue weighted by molar-refractivity contribution is 0.107. The van der Waals surface area contributed by atoms with Gasteiger partial charge in [-0.05, 0) is 19.8 Å². The van der Waals surface area contributed by atoms with Crippen LogP contribution in [-0.2, 0) is 17.7 Å². The van der Waals surface area contributed by atoms with E-state index in [1.807, 2.05) is 0 Å². The quantitative estimate of drug-likeness (QED) is 0.729. The number of nitrogens with one attached hydrogen (secondary N) is 2. The monoisotopic (exact) mass is 207 g/mol. The molecule has 0 radical (unpaired) electrons. The maximum absolute atomic E-state index is 5.68. The molecule has 0 aromatic carbocycles. The van der Waals surface area contributed by atoms with Crippen molar-refractivity contribution in [1.29, 1.82) is 0 Å². The van der Waals surface area contributed by atoms with Crippen LogP contribution < -0.4 is 5.32 Å². The van der Waals surface area contributed by atoms with E-state index in [9.17, 15) is 0 Å². The third kappa shape index (κ3) is 1.58. The molecule has 3 heterocycles. The van der Waals surface area contributed by atoms with Crippen molar-refractivity contribution in [2.24, 2.45) is 0 Å². The standard InChI is InChI=1S/C11H17N3O/c1-7-5-9-8(6-12-7)11(14-13-9)10-3-2-4-15-10/h7,10,12H,2-6H2,1H3,(H,13,14)/t7-,10?/m0/s1. The predicted octanol–water partition coefficient (Wildman–Crippen LogP) is 1.30. The van der Waals surface area contributed by atoms with Crippen LogP contribution in [0.1, 0.15) is 42.8 Å². The van der Waals surface area contributed by atoms with Crippen LogP contribution in [-0.4, -0.2) is 22.8 Å². The molecule has 15 heavy (non-hydrogen) atoms. The van der Waals surface area contributed by atoms with E-state index in [0.717, 1.165) is 38.1 Å². The first-order valence-corrected chi connectivity index (χ1v) is 5.75. The third-order valence-electron chi connectivity index (χ3n) is 3.36. The maximum Gasteiger partial charge on any atom is 0.102 e. The number of aromatic amines is 1. The van der Waals surface area contributed by atoms with E-state index in [0.29, 0.717) is 6.04 Å². The molecule has 0 bridgehead atoms. The van der Waals surface area contributed by atoms with Gasteiger partial charge in [-0.3, -0.25) is 5.10 Å². The first-order valence-electron chi connectivity index (χ1n) is 5.75. The molecule has 4 nitrogen and oxygen atoms in total. The van der Waals surface area contributed by atoms with Gasteiger partial charge in [0.1, 0.15) is 6.10 Å². The summed E-state index contributed by atoms with van der Waals surface area (Å²) in [6, 6.07) is 0.551. The van der Waals surface area contributed by atoms with E-state index in [2.05, 4.69) is 22.4 Å². The van der Waals surface area contributed by atoms with Crippen LogP contribution in [0.3, 0.4) is 0 Å². The van der Waals surface area contributed by atoms with Crippen molar-refractivity contribution in [1.82, 2.24) is 15.5 Å². The minimum atomic E-state index is 0.236. The molecule has 2 aliphatic heterocycles. The summed E-state index contributed by atoms with van der Waals surface area (Å²) < 4.78 is 5.68. The second-order valence-electron chi connectivity index (χ2n) is 4.55. The molecule has 3 rings (SSSR count). The Morgan fingerprint density at radius 2 is 2.40 bits per heavy atom. The first-order chi connectivity index (χ1) is 7.34. The number of aromatic nitrogens is 2. The molecule has 0 saturated carbocycles. The smallest absolute Gasteiger partial charge is 0.102 e. The number of hydrogen-bond donors (Lipinski definition) is 2. The Hall–Kier alpha value is -0.870. The van der Waals surface area contributed by atoms with Crippen molar-refractivity contribution in [3.8, 4) is 0 Å². The lowest BCUT2D eigenvalue weighted by Gasteiger charge is -2.21. The van der Waals surface area contributed by atoms with E-state index >= 15 is 0 Å². The van der Waals surface area contributed by atoms with Gasteiger partial charge in [-0.15, -0.1) is 0 Å². The van der Waals surface area contributed by atoms with Crippen LogP contribution in [0.25, 0.3) is 0 Å². The summed E-state index contributed by atoms with van der Waals surface area (Å²) in [5.41, 5.74) is 3.79. The molecular formula is C11H17N3O. The van der Waals surface area contributed by atoms with Gasteiger partial charge >= 0.3 is 0 Å². The lowest BCUT2D eigenvalue weighted by atomic mass is 9.99. The van der Waals surface area contributed by atoms with E-state index < -0.39 is 0 Å². The van der Waals surface area contributed by atoms with Crippen LogP contribution in [0, 0.1) is 0 Å². The third-order valence-corrected chi connectivity index (χ3v) is 3.36. The van der Waals surface area contributed by atoms with Crippen molar-refractivity contribution in [3.63, 3.8) is 0 Å². The minimum Gasteiger partial charge on any atom is -0.372 e. The molecule has 1 unspecified atom stereocenters. The van der Waals surface area contributed by atoms with Gasteiger partial charge in [0.2, 0.25) is 0 Å². The zero-order valence-corrected chi connectivity index (χ0v) is 9.05. The molecule has 0 aliphatic carbocycles. The summed E-state index contributed by atoms with van der Waals surface area (Å²) in [5, 5.41) is 11.1. The molecule has 2 N–H and O–H groups in total. The molecule has 1 saturated heterocycles. The zero-order chi connectivity index (χ0) is 10.3. The predicted molar refractivity (Wildman–Crippen MR) is 56.5 cm³/mol. The van der Waals surface area contributed by atoms with Crippen LogP contribution in [0.5, 0.6) is 0 Å². The van der Waals surface area contributed by atoms with Gasteiger partial charge in [0.25, 0.3) is 0 Å². The second-order valence-corrected chi connectivity index (χ2v) is 4.55. The van der Waals surface area contributed by atoms with Crippen molar-refractivity contribution in [2.75, 3.05) is 6.61 Å². The Morgan fingerprint density at radius 1 is 1.47 bits per heavy atom. The Labute approximate surface area is 89.4 Å². The molecule has 0 amide bonds. The number of ether oxygens (including phenoxy) is 1. The molecule has 4 heteroatoms. The molecular weight excluding hydrogens is 190 g/mol. The average molecular weight is 207 g/mol. The summed E-state index contributed by atoms with van der Waals surface area (Å²) in [6.07, 6.45) is 3.57. The average Bonchev–Trinajstić information content (AvgIpc) is 2.82. The minimum absolute atomic E-state index is 0.236. The van der Waals surface area contributed by atoms with Gasteiger partial charge in [-0.2, -0.15) is 5.10 Å². The Morgan fingerprint density at radius 3 is 3.20 bits per heavy atom. The van der Waals surface area contributed by atoms with E-state index in [1.165, 1.54) is 11.3 Å². The van der Waals surface area contributed by atoms with Crippen molar-refractivity contribution >= 4 is 0 Å². The molecule has 1 aromatic heterocycles. The van der Waals surface area contributed by atoms with Gasteiger partial charge in [0.15, 0.2) is 0 Å². The summed E-state index contributed by atoms with van der Waals surface area (Å²) >= 11 is 0. The molecule has 1 aromatic rings. The second kappa shape index (κ2) is 3.61. The summed E-state index contributed by atoms with van der Waals surface area (Å²) in [6.45, 7) is 4.02. The highest BCUT2D eigenvalue weighted by Gasteiger charge is 2.27. The largest absolute Gasteiger partial charge is 0.372 e. The summed E-state index contributed by atoms with van der Waals surface area (Å²) in [7, 11) is 0. The highest BCUT2D eigenvalue weighted by molar-refractivity contribution is 5.30. The fourth-order valence-corrected chi connectivity index (χ4v) is 2.50. The van der Waals surface area contributed by atoms with Crippen molar-refractivity contribution < 1.29 is 4.74 Å². The topological polar surface area (TPSA) is 49.9 Å². The van der Waals surface area contributed by atoms with E-state index in [-0.39, 0.29) is 6.10 Å². The normalized spacial score (nSPS) is 30.5. The first kappa shape index (κ1) is 9.36. The number of hydrogen-bond acceptors (Lipinski definition) is 3. The summed E-state index contributed by atoms with van der Waals surface area (Å²) in [4.78, 5) is 0. The zero-order valence-electron chi connectivity index (χ0n) is 9.05. The highest BCUT2D eigenvalue weighted by Crippen LogP contribution is 2.31. The summed E-state index contributed by atoms with van der Waals surface area (Å²) in [5.74, 6) is 0. The molecule has 82 valence electrons. The van der Waals surface area contributed by atoms with Crippen LogP contribution in [0.2, 0.25) is 0 Å². The maximum atomic E-state index is 5.68. The van der Waals surface area contributed by atoms with E-state index in [1.54, 1.807) is 0 Å². The molecule has 2 atom stereocenters. The molecule has 0 spiro atoms. The Kier molecular flexibility index (Phi) is 2.25. The number of nitrogens with zero attached hydrogens (tertiary/aromatic N) is 1. The van der Waals surface area contributed by atoms with Gasteiger partial charge in [-0.25, -0.2) is 0 Å². The van der Waals surface area contributed by atoms with Crippen molar-refractivity contribution in [2.45, 2.75) is 44.9 Å². The fraction of sp³-hybridized carbons (Fsp3) is 0.727. The van der Waals surface area contributed by atoms with Gasteiger partial charge < -0.3 is 10.1 Å². The fourth-order valence-electron chi connectivity index (χ4n) is 2.50. The van der Waals surface area contributed by atoms with Gasteiger partial charge in [0.05, 0.1) is 5.69 Å². The molecule has 1 fully saturated rings. The number of H-pyrrole nitrogens is 1.